The maximum absolute atomic E-state index is 12.6. The molecule has 5 heteroatoms. The van der Waals surface area contributed by atoms with Gasteiger partial charge in [-0.15, -0.1) is 0 Å². The Labute approximate surface area is 114 Å². The van der Waals surface area contributed by atoms with Crippen LogP contribution < -0.4 is 10.6 Å². The van der Waals surface area contributed by atoms with Crippen molar-refractivity contribution in [2.45, 2.75) is 32.2 Å². The van der Waals surface area contributed by atoms with Crippen LogP contribution in [0.5, 0.6) is 0 Å². The standard InChI is InChI=1S/C14H23N3O2/c1-2-16-13(18)12-8-15-3-4-17(12)14(19)11-6-9-5-10(9)7-11/h9-12,15H,2-8H2,1H3,(H,16,18). The van der Waals surface area contributed by atoms with Gasteiger partial charge in [0.1, 0.15) is 6.04 Å². The van der Waals surface area contributed by atoms with Crippen LogP contribution in [-0.4, -0.2) is 48.9 Å². The first-order valence-corrected chi connectivity index (χ1v) is 7.49. The molecule has 2 N–H and O–H groups in total. The van der Waals surface area contributed by atoms with Crippen molar-refractivity contribution in [1.29, 1.82) is 0 Å². The smallest absolute Gasteiger partial charge is 0.244 e. The number of amides is 2. The Hall–Kier alpha value is -1.10. The largest absolute Gasteiger partial charge is 0.355 e. The molecule has 1 heterocycles. The summed E-state index contributed by atoms with van der Waals surface area (Å²) in [5.74, 6) is 1.98. The number of likely N-dealkylation sites (N-methyl/N-ethyl adjacent to an activating group) is 1. The van der Waals surface area contributed by atoms with E-state index < -0.39 is 0 Å². The zero-order valence-electron chi connectivity index (χ0n) is 11.5. The minimum atomic E-state index is -0.321. The Morgan fingerprint density at radius 1 is 1.26 bits per heavy atom. The molecule has 3 aliphatic rings. The number of fused-ring (bicyclic) bond motifs is 1. The van der Waals surface area contributed by atoms with Gasteiger partial charge in [-0.05, 0) is 38.0 Å². The van der Waals surface area contributed by atoms with Gasteiger partial charge in [-0.3, -0.25) is 9.59 Å². The van der Waals surface area contributed by atoms with Gasteiger partial charge >= 0.3 is 0 Å². The minimum Gasteiger partial charge on any atom is -0.355 e. The van der Waals surface area contributed by atoms with Gasteiger partial charge in [0.25, 0.3) is 0 Å². The van der Waals surface area contributed by atoms with Crippen molar-refractivity contribution < 1.29 is 9.59 Å². The molecule has 2 amide bonds. The average Bonchev–Trinajstić information content (AvgIpc) is 3.04. The van der Waals surface area contributed by atoms with E-state index in [2.05, 4.69) is 10.6 Å². The summed E-state index contributed by atoms with van der Waals surface area (Å²) in [4.78, 5) is 26.5. The lowest BCUT2D eigenvalue weighted by molar-refractivity contribution is -0.144. The maximum Gasteiger partial charge on any atom is 0.244 e. The second-order valence-corrected chi connectivity index (χ2v) is 6.07. The van der Waals surface area contributed by atoms with Crippen molar-refractivity contribution in [1.82, 2.24) is 15.5 Å². The quantitative estimate of drug-likeness (QED) is 0.753. The zero-order chi connectivity index (χ0) is 13.4. The molecule has 0 spiro atoms. The first-order valence-electron chi connectivity index (χ1n) is 7.49. The summed E-state index contributed by atoms with van der Waals surface area (Å²) in [7, 11) is 0. The fourth-order valence-corrected chi connectivity index (χ4v) is 3.65. The molecule has 0 aromatic heterocycles. The SMILES string of the molecule is CCNC(=O)C1CNCCN1C(=O)C1CC2CC2C1. The first-order chi connectivity index (χ1) is 9.20. The number of nitrogens with one attached hydrogen (secondary N) is 2. The van der Waals surface area contributed by atoms with E-state index >= 15 is 0 Å². The van der Waals surface area contributed by atoms with Gasteiger partial charge in [0.15, 0.2) is 0 Å². The molecule has 2 saturated carbocycles. The second kappa shape index (κ2) is 5.12. The van der Waals surface area contributed by atoms with E-state index in [0.717, 1.165) is 31.2 Å². The molecule has 3 unspecified atom stereocenters. The molecule has 1 saturated heterocycles. The van der Waals surface area contributed by atoms with E-state index in [1.54, 1.807) is 0 Å². The summed E-state index contributed by atoms with van der Waals surface area (Å²) in [6, 6.07) is -0.321. The molecule has 1 aliphatic heterocycles. The number of nitrogens with zero attached hydrogens (tertiary/aromatic N) is 1. The normalized spacial score (nSPS) is 36.8. The number of carbonyl (C=O) groups excluding carboxylic acids is 2. The van der Waals surface area contributed by atoms with Crippen LogP contribution in [0.1, 0.15) is 26.2 Å². The van der Waals surface area contributed by atoms with Gasteiger partial charge in [-0.25, -0.2) is 0 Å². The van der Waals surface area contributed by atoms with E-state index in [-0.39, 0.29) is 23.8 Å². The number of hydrogen-bond donors (Lipinski definition) is 2. The van der Waals surface area contributed by atoms with Crippen LogP contribution in [0.15, 0.2) is 0 Å². The van der Waals surface area contributed by atoms with Crippen LogP contribution in [0.3, 0.4) is 0 Å². The molecule has 3 atom stereocenters. The van der Waals surface area contributed by atoms with E-state index in [9.17, 15) is 9.59 Å². The topological polar surface area (TPSA) is 61.4 Å². The maximum atomic E-state index is 12.6. The van der Waals surface area contributed by atoms with Crippen molar-refractivity contribution >= 4 is 11.8 Å². The molecular weight excluding hydrogens is 242 g/mol. The Morgan fingerprint density at radius 3 is 2.68 bits per heavy atom. The Morgan fingerprint density at radius 2 is 2.00 bits per heavy atom. The van der Waals surface area contributed by atoms with Crippen LogP contribution in [0.25, 0.3) is 0 Å². The molecule has 0 aromatic rings. The number of rotatable bonds is 3. The summed E-state index contributed by atoms with van der Waals surface area (Å²) in [5, 5.41) is 6.05. The summed E-state index contributed by atoms with van der Waals surface area (Å²) in [6.07, 6.45) is 3.43. The van der Waals surface area contributed by atoms with Gasteiger partial charge in [0.05, 0.1) is 0 Å². The highest BCUT2D eigenvalue weighted by atomic mass is 16.2. The average molecular weight is 265 g/mol. The van der Waals surface area contributed by atoms with E-state index in [0.29, 0.717) is 19.6 Å². The van der Waals surface area contributed by atoms with Crippen molar-refractivity contribution in [2.24, 2.45) is 17.8 Å². The highest BCUT2D eigenvalue weighted by Crippen LogP contribution is 2.54. The van der Waals surface area contributed by atoms with Crippen LogP contribution in [-0.2, 0) is 9.59 Å². The Kier molecular flexibility index (Phi) is 3.48. The summed E-state index contributed by atoms with van der Waals surface area (Å²) in [5.41, 5.74) is 0. The van der Waals surface area contributed by atoms with Crippen LogP contribution in [0.4, 0.5) is 0 Å². The highest BCUT2D eigenvalue weighted by molar-refractivity contribution is 5.89. The monoisotopic (exact) mass is 265 g/mol. The van der Waals surface area contributed by atoms with E-state index in [4.69, 9.17) is 0 Å². The molecule has 3 rings (SSSR count). The van der Waals surface area contributed by atoms with Crippen molar-refractivity contribution in [2.75, 3.05) is 26.2 Å². The molecule has 0 bridgehead atoms. The third kappa shape index (κ3) is 2.48. The molecule has 0 aromatic carbocycles. The second-order valence-electron chi connectivity index (χ2n) is 6.07. The molecule has 2 aliphatic carbocycles. The van der Waals surface area contributed by atoms with Gasteiger partial charge in [0, 0.05) is 32.1 Å². The third-order valence-corrected chi connectivity index (χ3v) is 4.77. The number of carbonyl (C=O) groups is 2. The fraction of sp³-hybridized carbons (Fsp3) is 0.857. The predicted molar refractivity (Wildman–Crippen MR) is 71.4 cm³/mol. The third-order valence-electron chi connectivity index (χ3n) is 4.77. The molecular formula is C14H23N3O2. The minimum absolute atomic E-state index is 0.0220. The molecule has 19 heavy (non-hydrogen) atoms. The summed E-state index contributed by atoms with van der Waals surface area (Å²) >= 11 is 0. The Balaban J connectivity index is 1.65. The fourth-order valence-electron chi connectivity index (χ4n) is 3.65. The highest BCUT2D eigenvalue weighted by Gasteiger charge is 2.49. The van der Waals surface area contributed by atoms with Crippen molar-refractivity contribution in [3.63, 3.8) is 0 Å². The molecule has 0 radical (unpaired) electrons. The van der Waals surface area contributed by atoms with Crippen LogP contribution in [0, 0.1) is 17.8 Å². The van der Waals surface area contributed by atoms with Crippen LogP contribution >= 0.6 is 0 Å². The lowest BCUT2D eigenvalue weighted by atomic mass is 10.00. The van der Waals surface area contributed by atoms with Crippen LogP contribution in [0.2, 0.25) is 0 Å². The number of hydrogen-bond acceptors (Lipinski definition) is 3. The molecule has 106 valence electrons. The Bertz CT molecular complexity index is 375. The summed E-state index contributed by atoms with van der Waals surface area (Å²) < 4.78 is 0. The van der Waals surface area contributed by atoms with Gasteiger partial charge in [-0.2, -0.15) is 0 Å². The van der Waals surface area contributed by atoms with Gasteiger partial charge in [0.2, 0.25) is 11.8 Å². The molecule has 5 nitrogen and oxygen atoms in total. The summed E-state index contributed by atoms with van der Waals surface area (Å²) in [6.45, 7) is 4.56. The van der Waals surface area contributed by atoms with Gasteiger partial charge < -0.3 is 15.5 Å². The molecule has 3 fully saturated rings. The lowest BCUT2D eigenvalue weighted by Gasteiger charge is -2.36. The zero-order valence-corrected chi connectivity index (χ0v) is 11.5. The predicted octanol–water partition coefficient (Wildman–Crippen LogP) is -0.0310. The lowest BCUT2D eigenvalue weighted by Crippen LogP contribution is -2.60. The van der Waals surface area contributed by atoms with E-state index in [1.807, 2.05) is 11.8 Å². The van der Waals surface area contributed by atoms with Gasteiger partial charge in [-0.1, -0.05) is 0 Å². The first kappa shape index (κ1) is 12.9. The van der Waals surface area contributed by atoms with Crippen molar-refractivity contribution in [3.05, 3.63) is 0 Å². The number of piperazine rings is 1. The van der Waals surface area contributed by atoms with Crippen molar-refractivity contribution in [3.8, 4) is 0 Å². The van der Waals surface area contributed by atoms with E-state index in [1.165, 1.54) is 6.42 Å².